The molecule has 208 valence electrons. The van der Waals surface area contributed by atoms with E-state index in [4.69, 9.17) is 10.7 Å². The van der Waals surface area contributed by atoms with Gasteiger partial charge in [-0.25, -0.2) is 4.98 Å². The molecule has 0 radical (unpaired) electrons. The fraction of sp³-hybridized carbons (Fsp3) is 0.385. The van der Waals surface area contributed by atoms with Gasteiger partial charge in [0, 0.05) is 41.5 Å². The molecule has 6 heterocycles. The van der Waals surface area contributed by atoms with E-state index in [1.54, 1.807) is 12.3 Å². The van der Waals surface area contributed by atoms with Crippen LogP contribution in [0.1, 0.15) is 76.9 Å². The number of nitrogens with zero attached hydrogens (tertiary/aromatic N) is 6. The molecular weight excluding hydrogens is 529 g/mol. The van der Waals surface area contributed by atoms with Crippen LogP contribution in [0.4, 0.5) is 19.0 Å². The third kappa shape index (κ3) is 4.18. The Kier molecular flexibility index (Phi) is 6.09. The Morgan fingerprint density at radius 2 is 1.88 bits per heavy atom. The molecule has 0 aromatic carbocycles. The van der Waals surface area contributed by atoms with Crippen molar-refractivity contribution in [2.24, 2.45) is 0 Å². The van der Waals surface area contributed by atoms with Crippen LogP contribution in [0.2, 0.25) is 0 Å². The first kappa shape index (κ1) is 25.9. The number of aliphatic hydroxyl groups is 1. The molecule has 2 fully saturated rings. The molecule has 2 aliphatic rings. The van der Waals surface area contributed by atoms with Crippen molar-refractivity contribution in [3.63, 3.8) is 0 Å². The number of halogens is 3. The number of piperidine rings is 1. The number of nitrogen functional groups attached to an aromatic ring is 1. The van der Waals surface area contributed by atoms with Gasteiger partial charge in [0.05, 0.1) is 23.1 Å². The van der Waals surface area contributed by atoms with Crippen LogP contribution in [0.25, 0.3) is 16.8 Å². The molecular formula is C26H25F3N8O3. The number of nitrogens with two attached hydrogens (primary N) is 1. The molecule has 40 heavy (non-hydrogen) atoms. The minimum absolute atomic E-state index is 0.0480. The van der Waals surface area contributed by atoms with Gasteiger partial charge >= 0.3 is 6.18 Å². The fourth-order valence-electron chi connectivity index (χ4n) is 6.03. The molecule has 1 amide bonds. The Hall–Kier alpha value is -4.33. The zero-order valence-electron chi connectivity index (χ0n) is 21.3. The third-order valence-corrected chi connectivity index (χ3v) is 7.82. The highest BCUT2D eigenvalue weighted by Crippen LogP contribution is 2.45. The Balaban J connectivity index is 1.37. The summed E-state index contributed by atoms with van der Waals surface area (Å²) in [5.74, 6) is -0.449. The first-order valence-electron chi connectivity index (χ1n) is 12.8. The van der Waals surface area contributed by atoms with Crippen LogP contribution in [-0.2, 0) is 0 Å². The SMILES string of the molecule is CC(=O)c1c([C@@H]2C[C@H]3CC[C@@H](C2)N3C(=O)c2cc[nH]n2)nc2c(-c3ccc(C(O)C(F)(F)F)nc3)cnn2c1N. The molecule has 0 saturated carbocycles. The Morgan fingerprint density at radius 3 is 2.45 bits per heavy atom. The van der Waals surface area contributed by atoms with Crippen molar-refractivity contribution >= 4 is 23.2 Å². The second-order valence-corrected chi connectivity index (χ2v) is 10.2. The van der Waals surface area contributed by atoms with E-state index in [2.05, 4.69) is 20.3 Å². The van der Waals surface area contributed by atoms with Crippen LogP contribution in [0.5, 0.6) is 0 Å². The van der Waals surface area contributed by atoms with Crippen LogP contribution in [0.3, 0.4) is 0 Å². The van der Waals surface area contributed by atoms with Crippen LogP contribution >= 0.6 is 0 Å². The maximum absolute atomic E-state index is 13.1. The van der Waals surface area contributed by atoms with Gasteiger partial charge in [-0.2, -0.15) is 27.9 Å². The van der Waals surface area contributed by atoms with Crippen LogP contribution in [0.15, 0.2) is 36.8 Å². The minimum Gasteiger partial charge on any atom is -0.383 e. The molecule has 4 aromatic rings. The van der Waals surface area contributed by atoms with E-state index in [1.807, 2.05) is 4.90 Å². The van der Waals surface area contributed by atoms with Crippen LogP contribution < -0.4 is 5.73 Å². The maximum Gasteiger partial charge on any atom is 0.420 e. The van der Waals surface area contributed by atoms with Gasteiger partial charge < -0.3 is 15.7 Å². The monoisotopic (exact) mass is 554 g/mol. The number of hydrogen-bond donors (Lipinski definition) is 3. The number of alkyl halides is 3. The lowest BCUT2D eigenvalue weighted by molar-refractivity contribution is -0.207. The number of aromatic nitrogens is 6. The Bertz CT molecular complexity index is 1590. The lowest BCUT2D eigenvalue weighted by Crippen LogP contribution is -2.46. The quantitative estimate of drug-likeness (QED) is 0.317. The number of pyridine rings is 1. The topological polar surface area (TPSA) is 155 Å². The molecule has 6 rings (SSSR count). The maximum atomic E-state index is 13.1. The van der Waals surface area contributed by atoms with Crippen molar-refractivity contribution in [2.75, 3.05) is 5.73 Å². The van der Waals surface area contributed by atoms with Gasteiger partial charge in [-0.1, -0.05) is 6.07 Å². The molecule has 2 saturated heterocycles. The van der Waals surface area contributed by atoms with Gasteiger partial charge in [0.1, 0.15) is 11.5 Å². The van der Waals surface area contributed by atoms with Crippen molar-refractivity contribution in [3.05, 3.63) is 59.4 Å². The van der Waals surface area contributed by atoms with Crippen molar-refractivity contribution in [3.8, 4) is 11.1 Å². The average molecular weight is 555 g/mol. The molecule has 4 aromatic heterocycles. The molecule has 1 unspecified atom stereocenters. The summed E-state index contributed by atoms with van der Waals surface area (Å²) < 4.78 is 40.0. The van der Waals surface area contributed by atoms with E-state index in [-0.39, 0.29) is 41.1 Å². The number of fused-ring (bicyclic) bond motifs is 3. The predicted octanol–water partition coefficient (Wildman–Crippen LogP) is 3.45. The molecule has 0 spiro atoms. The number of aliphatic hydroxyl groups excluding tert-OH is 1. The average Bonchev–Trinajstić information content (AvgIpc) is 3.65. The number of aromatic amines is 1. The van der Waals surface area contributed by atoms with Crippen LogP contribution in [0, 0.1) is 0 Å². The number of carbonyl (C=O) groups is 2. The zero-order chi connectivity index (χ0) is 28.3. The predicted molar refractivity (Wildman–Crippen MR) is 135 cm³/mol. The van der Waals surface area contributed by atoms with Crippen molar-refractivity contribution in [2.45, 2.75) is 62.9 Å². The van der Waals surface area contributed by atoms with Crippen molar-refractivity contribution in [1.29, 1.82) is 0 Å². The van der Waals surface area contributed by atoms with Crippen molar-refractivity contribution in [1.82, 2.24) is 34.7 Å². The summed E-state index contributed by atoms with van der Waals surface area (Å²) in [5, 5.41) is 20.5. The highest BCUT2D eigenvalue weighted by atomic mass is 19.4. The smallest absolute Gasteiger partial charge is 0.383 e. The summed E-state index contributed by atoms with van der Waals surface area (Å²) in [4.78, 5) is 36.4. The number of anilines is 1. The first-order chi connectivity index (χ1) is 19.0. The van der Waals surface area contributed by atoms with Gasteiger partial charge in [-0.3, -0.25) is 19.7 Å². The number of hydrogen-bond acceptors (Lipinski definition) is 8. The summed E-state index contributed by atoms with van der Waals surface area (Å²) in [6.45, 7) is 1.41. The normalized spacial score (nSPS) is 21.6. The first-order valence-corrected chi connectivity index (χ1v) is 12.8. The van der Waals surface area contributed by atoms with Gasteiger partial charge in [0.2, 0.25) is 0 Å². The number of carbonyl (C=O) groups excluding carboxylic acids is 2. The lowest BCUT2D eigenvalue weighted by atomic mass is 9.85. The third-order valence-electron chi connectivity index (χ3n) is 7.82. The van der Waals surface area contributed by atoms with E-state index in [0.29, 0.717) is 41.0 Å². The second kappa shape index (κ2) is 9.40. The van der Waals surface area contributed by atoms with E-state index < -0.39 is 18.0 Å². The lowest BCUT2D eigenvalue weighted by Gasteiger charge is -2.39. The molecule has 0 aliphatic carbocycles. The largest absolute Gasteiger partial charge is 0.420 e. The number of rotatable bonds is 5. The molecule has 2 aliphatic heterocycles. The fourth-order valence-corrected chi connectivity index (χ4v) is 6.03. The van der Waals surface area contributed by atoms with Crippen LogP contribution in [-0.4, -0.2) is 69.7 Å². The Morgan fingerprint density at radius 1 is 1.15 bits per heavy atom. The summed E-state index contributed by atoms with van der Waals surface area (Å²) in [6, 6.07) is 4.03. The highest BCUT2D eigenvalue weighted by molar-refractivity contribution is 6.00. The number of ketones is 1. The summed E-state index contributed by atoms with van der Waals surface area (Å²) in [6.07, 6.45) is -0.456. The van der Waals surface area contributed by atoms with Crippen molar-refractivity contribution < 1.29 is 27.9 Å². The van der Waals surface area contributed by atoms with Gasteiger partial charge in [-0.15, -0.1) is 0 Å². The zero-order valence-corrected chi connectivity index (χ0v) is 21.3. The number of nitrogens with one attached hydrogen (secondary N) is 1. The number of Topliss-reactive ketones (excluding diaryl/α,β-unsaturated/α-hetero) is 1. The highest BCUT2D eigenvalue weighted by Gasteiger charge is 2.45. The van der Waals surface area contributed by atoms with E-state index in [9.17, 15) is 27.9 Å². The number of amides is 1. The standard InChI is InChI=1S/C26H25F3N8O3/c1-12(38)20-21(14-8-15-3-4-16(9-14)36(15)25(40)19-6-7-32-35-19)34-24-17(11-33-37(24)23(20)30)13-2-5-18(31-10-13)22(39)26(27,28)29/h2,5-7,10-11,14-16,22,39H,3-4,8-9,30H2,1H3,(H,32,35)/t14-,15-,16+,22?. The van der Waals surface area contributed by atoms with E-state index in [1.165, 1.54) is 29.9 Å². The Labute approximate surface area is 225 Å². The number of H-pyrrole nitrogens is 1. The van der Waals surface area contributed by atoms with Gasteiger partial charge in [-0.05, 0) is 44.7 Å². The second-order valence-electron chi connectivity index (χ2n) is 10.2. The molecule has 2 bridgehead atoms. The summed E-state index contributed by atoms with van der Waals surface area (Å²) in [7, 11) is 0. The molecule has 11 nitrogen and oxygen atoms in total. The summed E-state index contributed by atoms with van der Waals surface area (Å²) >= 11 is 0. The van der Waals surface area contributed by atoms with E-state index >= 15 is 0 Å². The summed E-state index contributed by atoms with van der Waals surface area (Å²) in [5.41, 5.74) is 8.24. The van der Waals surface area contributed by atoms with Gasteiger partial charge in [0.15, 0.2) is 17.5 Å². The van der Waals surface area contributed by atoms with Gasteiger partial charge in [0.25, 0.3) is 5.91 Å². The van der Waals surface area contributed by atoms with E-state index in [0.717, 1.165) is 18.9 Å². The molecule has 4 N–H and O–H groups in total. The minimum atomic E-state index is -4.84. The molecule has 4 atom stereocenters. The molecule has 14 heteroatoms.